The van der Waals surface area contributed by atoms with E-state index in [4.69, 9.17) is 9.72 Å². The third-order valence-corrected chi connectivity index (χ3v) is 5.64. The fourth-order valence-electron chi connectivity index (χ4n) is 4.24. The quantitative estimate of drug-likeness (QED) is 0.876. The van der Waals surface area contributed by atoms with E-state index in [0.29, 0.717) is 12.2 Å². The Morgan fingerprint density at radius 1 is 1.29 bits per heavy atom. The molecule has 0 bridgehead atoms. The SMILES string of the molecule is CC1(C)Cc2nc(-c3ccncc3)ncc2C(NC(=O)CC2CCCCO2)C1. The van der Waals surface area contributed by atoms with Crippen molar-refractivity contribution in [1.82, 2.24) is 20.3 Å². The normalized spacial score (nSPS) is 23.6. The maximum Gasteiger partial charge on any atom is 0.223 e. The molecule has 2 aromatic heterocycles. The van der Waals surface area contributed by atoms with Crippen molar-refractivity contribution in [1.29, 1.82) is 0 Å². The van der Waals surface area contributed by atoms with E-state index in [-0.39, 0.29) is 23.5 Å². The largest absolute Gasteiger partial charge is 0.378 e. The first kappa shape index (κ1) is 19.0. The third kappa shape index (κ3) is 4.38. The molecule has 0 saturated carbocycles. The van der Waals surface area contributed by atoms with Crippen molar-refractivity contribution >= 4 is 5.91 Å². The Bertz CT molecular complexity index is 832. The second-order valence-electron chi connectivity index (χ2n) is 8.69. The first-order valence-electron chi connectivity index (χ1n) is 10.2. The van der Waals surface area contributed by atoms with Gasteiger partial charge in [0.25, 0.3) is 0 Å². The van der Waals surface area contributed by atoms with Crippen LogP contribution in [0, 0.1) is 5.41 Å². The number of pyridine rings is 1. The predicted molar refractivity (Wildman–Crippen MR) is 106 cm³/mol. The van der Waals surface area contributed by atoms with Crippen LogP contribution in [0.2, 0.25) is 0 Å². The van der Waals surface area contributed by atoms with Crippen LogP contribution in [0.25, 0.3) is 11.4 Å². The van der Waals surface area contributed by atoms with Gasteiger partial charge in [0.05, 0.1) is 24.3 Å². The summed E-state index contributed by atoms with van der Waals surface area (Å²) >= 11 is 0. The highest BCUT2D eigenvalue weighted by Crippen LogP contribution is 2.40. The molecule has 1 fully saturated rings. The second-order valence-corrected chi connectivity index (χ2v) is 8.69. The zero-order valence-corrected chi connectivity index (χ0v) is 16.6. The summed E-state index contributed by atoms with van der Waals surface area (Å²) in [6.07, 6.45) is 10.8. The van der Waals surface area contributed by atoms with Gasteiger partial charge in [-0.05, 0) is 49.7 Å². The second kappa shape index (κ2) is 7.95. The van der Waals surface area contributed by atoms with E-state index in [0.717, 1.165) is 55.5 Å². The molecule has 4 rings (SSSR count). The summed E-state index contributed by atoms with van der Waals surface area (Å²) in [4.78, 5) is 26.1. The van der Waals surface area contributed by atoms with Gasteiger partial charge in [0.2, 0.25) is 5.91 Å². The number of aromatic nitrogens is 3. The van der Waals surface area contributed by atoms with Crippen LogP contribution in [-0.2, 0) is 16.0 Å². The minimum atomic E-state index is -0.0543. The van der Waals surface area contributed by atoms with Crippen molar-refractivity contribution in [3.63, 3.8) is 0 Å². The summed E-state index contributed by atoms with van der Waals surface area (Å²) in [7, 11) is 0. The lowest BCUT2D eigenvalue weighted by Crippen LogP contribution is -2.38. The lowest BCUT2D eigenvalue weighted by Gasteiger charge is -2.36. The zero-order valence-electron chi connectivity index (χ0n) is 16.6. The molecule has 2 aromatic rings. The molecule has 1 aliphatic carbocycles. The molecule has 0 aromatic carbocycles. The number of carbonyl (C=O) groups excluding carboxylic acids is 1. The number of nitrogens with one attached hydrogen (secondary N) is 1. The predicted octanol–water partition coefficient (Wildman–Crippen LogP) is 3.63. The Balaban J connectivity index is 1.53. The first-order valence-corrected chi connectivity index (χ1v) is 10.2. The standard InChI is InChI=1S/C22H28N4O2/c1-22(2)12-18(25-20(27)11-16-5-3-4-10-28-16)17-14-24-21(26-19(17)13-22)15-6-8-23-9-7-15/h6-9,14,16,18H,3-5,10-13H2,1-2H3,(H,25,27). The first-order chi connectivity index (χ1) is 13.5. The van der Waals surface area contributed by atoms with E-state index in [2.05, 4.69) is 29.1 Å². The number of fused-ring (bicyclic) bond motifs is 1. The molecule has 6 heteroatoms. The van der Waals surface area contributed by atoms with Crippen LogP contribution in [0.15, 0.2) is 30.7 Å². The summed E-state index contributed by atoms with van der Waals surface area (Å²) in [5.74, 6) is 0.762. The molecule has 3 heterocycles. The molecule has 148 valence electrons. The van der Waals surface area contributed by atoms with Crippen LogP contribution < -0.4 is 5.32 Å². The molecule has 1 amide bonds. The summed E-state index contributed by atoms with van der Waals surface area (Å²) < 4.78 is 5.72. The van der Waals surface area contributed by atoms with Gasteiger partial charge in [0.15, 0.2) is 5.82 Å². The summed E-state index contributed by atoms with van der Waals surface area (Å²) in [6, 6.07) is 3.78. The Morgan fingerprint density at radius 2 is 2.11 bits per heavy atom. The number of nitrogens with zero attached hydrogens (tertiary/aromatic N) is 3. The molecule has 2 unspecified atom stereocenters. The van der Waals surface area contributed by atoms with Crippen LogP contribution in [0.4, 0.5) is 0 Å². The van der Waals surface area contributed by atoms with E-state index in [1.54, 1.807) is 12.4 Å². The molecular formula is C22H28N4O2. The van der Waals surface area contributed by atoms with Crippen molar-refractivity contribution in [2.24, 2.45) is 5.41 Å². The highest BCUT2D eigenvalue weighted by molar-refractivity contribution is 5.77. The van der Waals surface area contributed by atoms with Crippen LogP contribution in [0.1, 0.15) is 63.3 Å². The van der Waals surface area contributed by atoms with Gasteiger partial charge in [0, 0.05) is 36.3 Å². The number of carbonyl (C=O) groups is 1. The van der Waals surface area contributed by atoms with Crippen LogP contribution in [-0.4, -0.2) is 33.6 Å². The molecule has 0 radical (unpaired) electrons. The zero-order chi connectivity index (χ0) is 19.6. The smallest absolute Gasteiger partial charge is 0.223 e. The maximum atomic E-state index is 12.6. The lowest BCUT2D eigenvalue weighted by molar-refractivity contribution is -0.125. The summed E-state index contributed by atoms with van der Waals surface area (Å²) in [5.41, 5.74) is 3.08. The van der Waals surface area contributed by atoms with E-state index in [9.17, 15) is 4.79 Å². The Morgan fingerprint density at radius 3 is 2.86 bits per heavy atom. The number of rotatable bonds is 4. The minimum Gasteiger partial charge on any atom is -0.378 e. The van der Waals surface area contributed by atoms with Crippen molar-refractivity contribution in [2.45, 2.75) is 64.5 Å². The van der Waals surface area contributed by atoms with Gasteiger partial charge < -0.3 is 10.1 Å². The van der Waals surface area contributed by atoms with Gasteiger partial charge in [-0.1, -0.05) is 13.8 Å². The molecule has 2 atom stereocenters. The van der Waals surface area contributed by atoms with Gasteiger partial charge in [-0.3, -0.25) is 9.78 Å². The molecule has 6 nitrogen and oxygen atoms in total. The van der Waals surface area contributed by atoms with Crippen molar-refractivity contribution in [3.8, 4) is 11.4 Å². The monoisotopic (exact) mass is 380 g/mol. The average Bonchev–Trinajstić information content (AvgIpc) is 2.68. The highest BCUT2D eigenvalue weighted by Gasteiger charge is 2.35. The van der Waals surface area contributed by atoms with Crippen molar-refractivity contribution in [3.05, 3.63) is 42.0 Å². The Kier molecular flexibility index (Phi) is 5.40. The Hall–Kier alpha value is -2.34. The number of hydrogen-bond acceptors (Lipinski definition) is 5. The Labute approximate surface area is 166 Å². The minimum absolute atomic E-state index is 0.0511. The topological polar surface area (TPSA) is 77.0 Å². The maximum absolute atomic E-state index is 12.6. The van der Waals surface area contributed by atoms with Gasteiger partial charge in [-0.2, -0.15) is 0 Å². The van der Waals surface area contributed by atoms with Crippen molar-refractivity contribution in [2.75, 3.05) is 6.61 Å². The molecule has 1 saturated heterocycles. The number of ether oxygens (including phenoxy) is 1. The van der Waals surface area contributed by atoms with Crippen LogP contribution in [0.5, 0.6) is 0 Å². The van der Waals surface area contributed by atoms with Crippen LogP contribution >= 0.6 is 0 Å². The van der Waals surface area contributed by atoms with E-state index in [1.165, 1.54) is 0 Å². The van der Waals surface area contributed by atoms with E-state index in [1.807, 2.05) is 18.3 Å². The molecule has 1 N–H and O–H groups in total. The highest BCUT2D eigenvalue weighted by atomic mass is 16.5. The van der Waals surface area contributed by atoms with E-state index < -0.39 is 0 Å². The summed E-state index contributed by atoms with van der Waals surface area (Å²) in [6.45, 7) is 5.23. The third-order valence-electron chi connectivity index (χ3n) is 5.64. The van der Waals surface area contributed by atoms with E-state index >= 15 is 0 Å². The van der Waals surface area contributed by atoms with Gasteiger partial charge in [-0.15, -0.1) is 0 Å². The summed E-state index contributed by atoms with van der Waals surface area (Å²) in [5, 5.41) is 3.23. The molecule has 0 spiro atoms. The fourth-order valence-corrected chi connectivity index (χ4v) is 4.24. The van der Waals surface area contributed by atoms with Crippen LogP contribution in [0.3, 0.4) is 0 Å². The fraction of sp³-hybridized carbons (Fsp3) is 0.545. The van der Waals surface area contributed by atoms with Crippen molar-refractivity contribution < 1.29 is 9.53 Å². The number of amides is 1. The molecule has 28 heavy (non-hydrogen) atoms. The average molecular weight is 380 g/mol. The molecule has 2 aliphatic rings. The molecule has 1 aliphatic heterocycles. The molecular weight excluding hydrogens is 352 g/mol. The lowest BCUT2D eigenvalue weighted by atomic mass is 9.74. The van der Waals surface area contributed by atoms with Gasteiger partial charge >= 0.3 is 0 Å². The van der Waals surface area contributed by atoms with Gasteiger partial charge in [-0.25, -0.2) is 9.97 Å². The number of hydrogen-bond donors (Lipinski definition) is 1. The van der Waals surface area contributed by atoms with Gasteiger partial charge in [0.1, 0.15) is 0 Å².